The first kappa shape index (κ1) is 12.9. The molecule has 0 aliphatic rings. The van der Waals surface area contributed by atoms with E-state index in [1.54, 1.807) is 0 Å². The molecule has 1 unspecified atom stereocenters. The van der Waals surface area contributed by atoms with E-state index in [1.165, 1.54) is 19.5 Å². The first-order valence-corrected chi connectivity index (χ1v) is 5.52. The fourth-order valence-electron chi connectivity index (χ4n) is 1.42. The maximum absolute atomic E-state index is 5.58. The smallest absolute Gasteiger partial charge is 0.000427 e. The van der Waals surface area contributed by atoms with Gasteiger partial charge >= 0.3 is 0 Å². The van der Waals surface area contributed by atoms with Crippen molar-refractivity contribution in [3.05, 3.63) is 0 Å². The Morgan fingerprint density at radius 3 is 2.23 bits per heavy atom. The molecule has 0 bridgehead atoms. The van der Waals surface area contributed by atoms with Gasteiger partial charge in [0, 0.05) is 6.54 Å². The maximum atomic E-state index is 5.58. The average Bonchev–Trinajstić information content (AvgIpc) is 2.10. The lowest BCUT2D eigenvalue weighted by Crippen LogP contribution is -2.30. The lowest BCUT2D eigenvalue weighted by molar-refractivity contribution is 0.240. The Balaban J connectivity index is 3.59. The Morgan fingerprint density at radius 2 is 1.85 bits per heavy atom. The lowest BCUT2D eigenvalue weighted by Gasteiger charge is -2.23. The van der Waals surface area contributed by atoms with Gasteiger partial charge in [0.25, 0.3) is 0 Å². The molecule has 2 heteroatoms. The summed E-state index contributed by atoms with van der Waals surface area (Å²) in [5, 5.41) is 0. The van der Waals surface area contributed by atoms with Crippen molar-refractivity contribution in [2.45, 2.75) is 34.1 Å². The van der Waals surface area contributed by atoms with Gasteiger partial charge in [0.2, 0.25) is 0 Å². The van der Waals surface area contributed by atoms with Crippen molar-refractivity contribution < 1.29 is 0 Å². The van der Waals surface area contributed by atoms with Crippen molar-refractivity contribution in [1.29, 1.82) is 0 Å². The highest BCUT2D eigenvalue weighted by molar-refractivity contribution is 4.61. The van der Waals surface area contributed by atoms with Gasteiger partial charge in [0.15, 0.2) is 0 Å². The maximum Gasteiger partial charge on any atom is 0.000427 e. The summed E-state index contributed by atoms with van der Waals surface area (Å²) in [6.45, 7) is 13.4. The highest BCUT2D eigenvalue weighted by Gasteiger charge is 2.06. The molecule has 0 saturated heterocycles. The van der Waals surface area contributed by atoms with Crippen LogP contribution in [-0.2, 0) is 0 Å². The fraction of sp³-hybridized carbons (Fsp3) is 1.00. The first-order valence-electron chi connectivity index (χ1n) is 5.52. The van der Waals surface area contributed by atoms with Crippen molar-refractivity contribution in [2.75, 3.05) is 26.2 Å². The summed E-state index contributed by atoms with van der Waals surface area (Å²) in [6, 6.07) is 0. The molecule has 0 radical (unpaired) electrons. The predicted octanol–water partition coefficient (Wildman–Crippen LogP) is 1.95. The second kappa shape index (κ2) is 7.34. The van der Waals surface area contributed by atoms with Gasteiger partial charge in [-0.3, -0.25) is 0 Å². The third-order valence-electron chi connectivity index (χ3n) is 2.41. The Hall–Kier alpha value is -0.0800. The largest absolute Gasteiger partial charge is 0.330 e. The van der Waals surface area contributed by atoms with Crippen molar-refractivity contribution in [2.24, 2.45) is 17.6 Å². The minimum atomic E-state index is 0.668. The Labute approximate surface area is 83.5 Å². The Kier molecular flexibility index (Phi) is 7.29. The number of nitrogens with two attached hydrogens (primary N) is 1. The second-order valence-corrected chi connectivity index (χ2v) is 4.42. The average molecular weight is 186 g/mol. The van der Waals surface area contributed by atoms with E-state index in [0.29, 0.717) is 5.92 Å². The van der Waals surface area contributed by atoms with Gasteiger partial charge in [-0.1, -0.05) is 27.7 Å². The number of hydrogen-bond acceptors (Lipinski definition) is 2. The van der Waals surface area contributed by atoms with Crippen LogP contribution >= 0.6 is 0 Å². The van der Waals surface area contributed by atoms with Crippen LogP contribution in [-0.4, -0.2) is 31.1 Å². The molecule has 2 nitrogen and oxygen atoms in total. The molecule has 0 aliphatic carbocycles. The summed E-state index contributed by atoms with van der Waals surface area (Å²) in [5.74, 6) is 1.44. The number of hydrogen-bond donors (Lipinski definition) is 1. The number of rotatable bonds is 7. The third-order valence-corrected chi connectivity index (χ3v) is 2.41. The molecular weight excluding hydrogens is 160 g/mol. The second-order valence-electron chi connectivity index (χ2n) is 4.42. The Morgan fingerprint density at radius 1 is 1.23 bits per heavy atom. The van der Waals surface area contributed by atoms with Gasteiger partial charge in [-0.15, -0.1) is 0 Å². The fourth-order valence-corrected chi connectivity index (χ4v) is 1.42. The highest BCUT2D eigenvalue weighted by Crippen LogP contribution is 2.04. The predicted molar refractivity (Wildman–Crippen MR) is 59.8 cm³/mol. The molecule has 1 atom stereocenters. The Bertz CT molecular complexity index is 113. The molecule has 0 spiro atoms. The van der Waals surface area contributed by atoms with Crippen LogP contribution in [0.4, 0.5) is 0 Å². The molecule has 0 aromatic carbocycles. The van der Waals surface area contributed by atoms with Crippen molar-refractivity contribution in [1.82, 2.24) is 4.90 Å². The van der Waals surface area contributed by atoms with E-state index in [2.05, 4.69) is 32.6 Å². The van der Waals surface area contributed by atoms with E-state index >= 15 is 0 Å². The summed E-state index contributed by atoms with van der Waals surface area (Å²) >= 11 is 0. The number of nitrogens with zero attached hydrogens (tertiary/aromatic N) is 1. The van der Waals surface area contributed by atoms with Crippen LogP contribution in [0.1, 0.15) is 34.1 Å². The van der Waals surface area contributed by atoms with Crippen molar-refractivity contribution in [3.63, 3.8) is 0 Å². The van der Waals surface area contributed by atoms with Crippen LogP contribution in [0.2, 0.25) is 0 Å². The van der Waals surface area contributed by atoms with Gasteiger partial charge < -0.3 is 10.6 Å². The first-order chi connectivity index (χ1) is 6.10. The molecule has 0 saturated carbocycles. The zero-order chi connectivity index (χ0) is 10.3. The molecule has 13 heavy (non-hydrogen) atoms. The summed E-state index contributed by atoms with van der Waals surface area (Å²) in [7, 11) is 0. The van der Waals surface area contributed by atoms with Crippen LogP contribution in [0.25, 0.3) is 0 Å². The van der Waals surface area contributed by atoms with E-state index in [-0.39, 0.29) is 0 Å². The molecule has 0 fully saturated rings. The SMILES string of the molecule is CCN(CCC(C)CN)CC(C)C. The summed E-state index contributed by atoms with van der Waals surface area (Å²) in [5.41, 5.74) is 5.58. The molecule has 2 N–H and O–H groups in total. The minimum absolute atomic E-state index is 0.668. The molecular formula is C11H26N2. The van der Waals surface area contributed by atoms with Gasteiger partial charge in [-0.05, 0) is 37.9 Å². The molecule has 0 aliphatic heterocycles. The van der Waals surface area contributed by atoms with Gasteiger partial charge in [-0.2, -0.15) is 0 Å². The topological polar surface area (TPSA) is 29.3 Å². The zero-order valence-corrected chi connectivity index (χ0v) is 9.71. The van der Waals surface area contributed by atoms with Crippen molar-refractivity contribution in [3.8, 4) is 0 Å². The lowest BCUT2D eigenvalue weighted by atomic mass is 10.1. The standard InChI is InChI=1S/C11H26N2/c1-5-13(9-10(2)3)7-6-11(4)8-12/h10-11H,5-9,12H2,1-4H3. The monoisotopic (exact) mass is 186 g/mol. The van der Waals surface area contributed by atoms with Crippen LogP contribution < -0.4 is 5.73 Å². The van der Waals surface area contributed by atoms with E-state index < -0.39 is 0 Å². The van der Waals surface area contributed by atoms with Crippen LogP contribution in [0, 0.1) is 11.8 Å². The molecule has 0 rings (SSSR count). The van der Waals surface area contributed by atoms with Crippen LogP contribution in [0.3, 0.4) is 0 Å². The van der Waals surface area contributed by atoms with E-state index in [0.717, 1.165) is 19.0 Å². The molecule has 0 aromatic rings. The van der Waals surface area contributed by atoms with Gasteiger partial charge in [0.1, 0.15) is 0 Å². The zero-order valence-electron chi connectivity index (χ0n) is 9.71. The summed E-state index contributed by atoms with van der Waals surface area (Å²) in [4.78, 5) is 2.51. The molecule has 0 heterocycles. The van der Waals surface area contributed by atoms with Crippen molar-refractivity contribution >= 4 is 0 Å². The molecule has 80 valence electrons. The van der Waals surface area contributed by atoms with Gasteiger partial charge in [-0.25, -0.2) is 0 Å². The van der Waals surface area contributed by atoms with Crippen LogP contribution in [0.5, 0.6) is 0 Å². The summed E-state index contributed by atoms with van der Waals surface area (Å²) < 4.78 is 0. The summed E-state index contributed by atoms with van der Waals surface area (Å²) in [6.07, 6.45) is 1.23. The highest BCUT2D eigenvalue weighted by atomic mass is 15.1. The third kappa shape index (κ3) is 7.03. The quantitative estimate of drug-likeness (QED) is 0.658. The van der Waals surface area contributed by atoms with Gasteiger partial charge in [0.05, 0.1) is 0 Å². The molecule has 0 amide bonds. The van der Waals surface area contributed by atoms with Crippen LogP contribution in [0.15, 0.2) is 0 Å². The van der Waals surface area contributed by atoms with E-state index in [1.807, 2.05) is 0 Å². The minimum Gasteiger partial charge on any atom is -0.330 e. The van der Waals surface area contributed by atoms with E-state index in [9.17, 15) is 0 Å². The molecule has 0 aromatic heterocycles. The van der Waals surface area contributed by atoms with E-state index in [4.69, 9.17) is 5.73 Å². The normalized spacial score (nSPS) is 14.1.